The molecule has 6 nitrogen and oxygen atoms in total. The lowest BCUT2D eigenvalue weighted by atomic mass is 10.2. The fourth-order valence-corrected chi connectivity index (χ4v) is 1.94. The van der Waals surface area contributed by atoms with E-state index in [9.17, 15) is 9.59 Å². The second-order valence-electron chi connectivity index (χ2n) is 5.19. The summed E-state index contributed by atoms with van der Waals surface area (Å²) in [4.78, 5) is 25.2. The second kappa shape index (κ2) is 11.6. The zero-order valence-electron chi connectivity index (χ0n) is 13.9. The van der Waals surface area contributed by atoms with Gasteiger partial charge in [-0.15, -0.1) is 0 Å². The molecule has 0 spiro atoms. The minimum atomic E-state index is -0.110. The van der Waals surface area contributed by atoms with Crippen LogP contribution in [0.1, 0.15) is 18.4 Å². The van der Waals surface area contributed by atoms with Crippen molar-refractivity contribution >= 4 is 11.8 Å². The van der Waals surface area contributed by atoms with Crippen molar-refractivity contribution in [1.82, 2.24) is 10.2 Å². The molecule has 0 bridgehead atoms. The van der Waals surface area contributed by atoms with Crippen molar-refractivity contribution < 1.29 is 19.1 Å². The monoisotopic (exact) mass is 322 g/mol. The van der Waals surface area contributed by atoms with E-state index in [1.165, 1.54) is 0 Å². The average Bonchev–Trinajstić information content (AvgIpc) is 2.55. The Balaban J connectivity index is 2.12. The van der Waals surface area contributed by atoms with Gasteiger partial charge in [-0.3, -0.25) is 9.59 Å². The Labute approximate surface area is 137 Å². The number of carbonyl (C=O) groups is 2. The Hall–Kier alpha value is -1.92. The minimum Gasteiger partial charge on any atom is -0.382 e. The summed E-state index contributed by atoms with van der Waals surface area (Å²) in [6.45, 7) is 2.27. The molecule has 0 atom stereocenters. The van der Waals surface area contributed by atoms with Crippen LogP contribution in [0.2, 0.25) is 0 Å². The molecule has 1 aromatic carbocycles. The number of amides is 2. The number of hydrogen-bond donors (Lipinski definition) is 1. The highest BCUT2D eigenvalue weighted by atomic mass is 16.5. The van der Waals surface area contributed by atoms with Crippen LogP contribution in [0.25, 0.3) is 0 Å². The van der Waals surface area contributed by atoms with Gasteiger partial charge < -0.3 is 19.7 Å². The van der Waals surface area contributed by atoms with E-state index in [0.29, 0.717) is 39.3 Å². The topological polar surface area (TPSA) is 67.9 Å². The molecule has 0 aromatic heterocycles. The smallest absolute Gasteiger partial charge is 0.224 e. The van der Waals surface area contributed by atoms with Crippen LogP contribution in [0, 0.1) is 0 Å². The van der Waals surface area contributed by atoms with Gasteiger partial charge in [-0.25, -0.2) is 0 Å². The zero-order valence-corrected chi connectivity index (χ0v) is 13.9. The van der Waals surface area contributed by atoms with Gasteiger partial charge in [0.05, 0.1) is 19.8 Å². The Bertz CT molecular complexity index is 465. The van der Waals surface area contributed by atoms with Gasteiger partial charge in [-0.1, -0.05) is 30.3 Å². The van der Waals surface area contributed by atoms with E-state index in [0.717, 1.165) is 5.56 Å². The number of rotatable bonds is 11. The quantitative estimate of drug-likeness (QED) is 0.622. The van der Waals surface area contributed by atoms with Crippen LogP contribution in [0.3, 0.4) is 0 Å². The molecule has 0 unspecified atom stereocenters. The first kappa shape index (κ1) is 19.1. The Morgan fingerprint density at radius 3 is 2.52 bits per heavy atom. The van der Waals surface area contributed by atoms with Gasteiger partial charge in [0.25, 0.3) is 0 Å². The Kier molecular flexibility index (Phi) is 9.66. The van der Waals surface area contributed by atoms with Crippen molar-refractivity contribution in [1.29, 1.82) is 0 Å². The van der Waals surface area contributed by atoms with E-state index < -0.39 is 0 Å². The summed E-state index contributed by atoms with van der Waals surface area (Å²) < 4.78 is 10.1. The molecule has 0 fully saturated rings. The molecule has 0 saturated carbocycles. The summed E-state index contributed by atoms with van der Waals surface area (Å²) in [7, 11) is 3.36. The van der Waals surface area contributed by atoms with Gasteiger partial charge >= 0.3 is 0 Å². The number of benzene rings is 1. The van der Waals surface area contributed by atoms with Crippen molar-refractivity contribution in [2.45, 2.75) is 19.4 Å². The van der Waals surface area contributed by atoms with Crippen LogP contribution in [0.4, 0.5) is 0 Å². The fraction of sp³-hybridized carbons (Fsp3) is 0.529. The number of carbonyl (C=O) groups excluding carboxylic acids is 2. The van der Waals surface area contributed by atoms with E-state index in [-0.39, 0.29) is 18.2 Å². The minimum absolute atomic E-state index is 0.00509. The second-order valence-corrected chi connectivity index (χ2v) is 5.19. The SMILES string of the molecule is COCCOCCC(=O)NCCC(=O)N(C)Cc1ccccc1. The lowest BCUT2D eigenvalue weighted by Crippen LogP contribution is -2.32. The van der Waals surface area contributed by atoms with Gasteiger partial charge in [-0.2, -0.15) is 0 Å². The molecule has 0 aliphatic rings. The van der Waals surface area contributed by atoms with E-state index in [1.54, 1.807) is 19.1 Å². The summed E-state index contributed by atoms with van der Waals surface area (Å²) >= 11 is 0. The molecule has 2 amide bonds. The first-order chi connectivity index (χ1) is 11.1. The third kappa shape index (κ3) is 8.95. The van der Waals surface area contributed by atoms with Crippen LogP contribution in [-0.2, 0) is 25.6 Å². The standard InChI is InChI=1S/C17H26N2O4/c1-19(14-15-6-4-3-5-7-15)17(21)8-10-18-16(20)9-11-23-13-12-22-2/h3-7H,8-14H2,1-2H3,(H,18,20). The van der Waals surface area contributed by atoms with Gasteiger partial charge in [-0.05, 0) is 5.56 Å². The third-order valence-electron chi connectivity index (χ3n) is 3.25. The molecule has 1 aromatic rings. The van der Waals surface area contributed by atoms with E-state index in [1.807, 2.05) is 30.3 Å². The molecule has 6 heteroatoms. The van der Waals surface area contributed by atoms with E-state index >= 15 is 0 Å². The predicted molar refractivity (Wildman–Crippen MR) is 87.9 cm³/mol. The lowest BCUT2D eigenvalue weighted by molar-refractivity contribution is -0.130. The number of hydrogen-bond acceptors (Lipinski definition) is 4. The first-order valence-corrected chi connectivity index (χ1v) is 7.74. The fourth-order valence-electron chi connectivity index (χ4n) is 1.94. The molecule has 1 rings (SSSR count). The largest absolute Gasteiger partial charge is 0.382 e. The highest BCUT2D eigenvalue weighted by molar-refractivity contribution is 5.78. The molecule has 128 valence electrons. The van der Waals surface area contributed by atoms with Gasteiger partial charge in [0.2, 0.25) is 11.8 Å². The summed E-state index contributed by atoms with van der Waals surface area (Å²) in [5, 5.41) is 2.73. The van der Waals surface area contributed by atoms with Crippen LogP contribution < -0.4 is 5.32 Å². The van der Waals surface area contributed by atoms with Gasteiger partial charge in [0.15, 0.2) is 0 Å². The lowest BCUT2D eigenvalue weighted by Gasteiger charge is -2.17. The van der Waals surface area contributed by atoms with Crippen LogP contribution in [0.15, 0.2) is 30.3 Å². The number of methoxy groups -OCH3 is 1. The molecular weight excluding hydrogens is 296 g/mol. The van der Waals surface area contributed by atoms with Gasteiger partial charge in [0, 0.05) is 40.1 Å². The maximum absolute atomic E-state index is 12.0. The normalized spacial score (nSPS) is 10.3. The molecule has 0 heterocycles. The maximum atomic E-state index is 12.0. The Morgan fingerprint density at radius 2 is 1.83 bits per heavy atom. The number of nitrogens with one attached hydrogen (secondary N) is 1. The molecule has 0 saturated heterocycles. The molecule has 1 N–H and O–H groups in total. The third-order valence-corrected chi connectivity index (χ3v) is 3.25. The van der Waals surface area contributed by atoms with Crippen LogP contribution in [0.5, 0.6) is 0 Å². The van der Waals surface area contributed by atoms with E-state index in [4.69, 9.17) is 9.47 Å². The zero-order chi connectivity index (χ0) is 16.9. The Morgan fingerprint density at radius 1 is 1.09 bits per heavy atom. The highest BCUT2D eigenvalue weighted by Gasteiger charge is 2.09. The van der Waals surface area contributed by atoms with Crippen molar-refractivity contribution in [2.24, 2.45) is 0 Å². The van der Waals surface area contributed by atoms with Crippen LogP contribution in [-0.4, -0.2) is 57.2 Å². The highest BCUT2D eigenvalue weighted by Crippen LogP contribution is 2.03. The maximum Gasteiger partial charge on any atom is 0.224 e. The van der Waals surface area contributed by atoms with Gasteiger partial charge in [0.1, 0.15) is 0 Å². The average molecular weight is 322 g/mol. The number of nitrogens with zero attached hydrogens (tertiary/aromatic N) is 1. The summed E-state index contributed by atoms with van der Waals surface area (Å²) in [6, 6.07) is 9.80. The van der Waals surface area contributed by atoms with Crippen molar-refractivity contribution in [3.05, 3.63) is 35.9 Å². The number of ether oxygens (including phenoxy) is 2. The molecule has 0 aliphatic carbocycles. The van der Waals surface area contributed by atoms with Crippen molar-refractivity contribution in [3.63, 3.8) is 0 Å². The summed E-state index contributed by atoms with van der Waals surface area (Å²) in [5.41, 5.74) is 1.08. The molecular formula is C17H26N2O4. The summed E-state index contributed by atoms with van der Waals surface area (Å²) in [5.74, 6) is -0.105. The van der Waals surface area contributed by atoms with Crippen molar-refractivity contribution in [3.8, 4) is 0 Å². The van der Waals surface area contributed by atoms with Crippen molar-refractivity contribution in [2.75, 3.05) is 40.5 Å². The molecule has 23 heavy (non-hydrogen) atoms. The first-order valence-electron chi connectivity index (χ1n) is 7.74. The summed E-state index contributed by atoms with van der Waals surface area (Å²) in [6.07, 6.45) is 0.581. The van der Waals surface area contributed by atoms with E-state index in [2.05, 4.69) is 5.32 Å². The van der Waals surface area contributed by atoms with Crippen LogP contribution >= 0.6 is 0 Å². The molecule has 0 radical (unpaired) electrons. The predicted octanol–water partition coefficient (Wildman–Crippen LogP) is 1.20. The molecule has 0 aliphatic heterocycles.